The van der Waals surface area contributed by atoms with E-state index in [9.17, 15) is 19.2 Å². The lowest BCUT2D eigenvalue weighted by Crippen LogP contribution is -2.60. The Kier molecular flexibility index (Phi) is 12.3. The molecule has 10 heteroatoms. The van der Waals surface area contributed by atoms with E-state index in [1.54, 1.807) is 13.8 Å². The van der Waals surface area contributed by atoms with Gasteiger partial charge < -0.3 is 21.7 Å². The van der Waals surface area contributed by atoms with Gasteiger partial charge in [-0.1, -0.05) is 69.7 Å². The second-order valence-corrected chi connectivity index (χ2v) is 12.0. The summed E-state index contributed by atoms with van der Waals surface area (Å²) in [6, 6.07) is 12.3. The fourth-order valence-corrected chi connectivity index (χ4v) is 5.11. The van der Waals surface area contributed by atoms with Crippen LogP contribution in [-0.2, 0) is 25.6 Å². The number of benzene rings is 2. The van der Waals surface area contributed by atoms with Gasteiger partial charge in [-0.05, 0) is 56.0 Å². The Morgan fingerprint density at radius 3 is 2.29 bits per heavy atom. The molecule has 0 radical (unpaired) electrons. The first-order chi connectivity index (χ1) is 18.8. The van der Waals surface area contributed by atoms with Gasteiger partial charge in [0.2, 0.25) is 23.6 Å². The monoisotopic (exact) mass is 587 g/mol. The Hall–Kier alpha value is -3.01. The molecule has 1 fully saturated rings. The van der Waals surface area contributed by atoms with Gasteiger partial charge in [0.15, 0.2) is 0 Å². The van der Waals surface area contributed by atoms with Crippen molar-refractivity contribution in [2.24, 2.45) is 11.1 Å². The third-order valence-corrected chi connectivity index (χ3v) is 7.42. The van der Waals surface area contributed by atoms with Crippen molar-refractivity contribution < 1.29 is 19.2 Å². The number of carbonyl (C=O) groups is 4. The molecule has 0 bridgehead atoms. The van der Waals surface area contributed by atoms with E-state index in [0.717, 1.165) is 29.2 Å². The summed E-state index contributed by atoms with van der Waals surface area (Å²) in [6.45, 7) is 9.85. The Morgan fingerprint density at radius 1 is 1.02 bits per heavy atom. The molecule has 2 aromatic rings. The summed E-state index contributed by atoms with van der Waals surface area (Å²) in [7, 11) is 0. The van der Waals surface area contributed by atoms with Gasteiger partial charge in [-0.2, -0.15) is 0 Å². The summed E-state index contributed by atoms with van der Waals surface area (Å²) < 4.78 is 0. The Balaban J connectivity index is 0.00000588. The molecule has 0 unspecified atom stereocenters. The average molecular weight is 588 g/mol. The third-order valence-electron chi connectivity index (χ3n) is 7.42. The van der Waals surface area contributed by atoms with Crippen LogP contribution in [0.2, 0.25) is 0 Å². The zero-order valence-corrected chi connectivity index (χ0v) is 25.7. The van der Waals surface area contributed by atoms with E-state index in [0.29, 0.717) is 19.4 Å². The number of hydrogen-bond donors (Lipinski definition) is 4. The van der Waals surface area contributed by atoms with Gasteiger partial charge in [-0.3, -0.25) is 24.1 Å². The molecule has 0 saturated carbocycles. The second-order valence-electron chi connectivity index (χ2n) is 12.0. The Morgan fingerprint density at radius 2 is 1.68 bits per heavy atom. The quantitative estimate of drug-likeness (QED) is 0.282. The molecule has 1 aliphatic rings. The number of nitrogens with one attached hydrogen (secondary N) is 3. The van der Waals surface area contributed by atoms with Crippen LogP contribution in [0.1, 0.15) is 65.9 Å². The molecule has 2 atom stereocenters. The van der Waals surface area contributed by atoms with Gasteiger partial charge >= 0.3 is 0 Å². The minimum Gasteiger partial charge on any atom is -0.353 e. The van der Waals surface area contributed by atoms with Crippen LogP contribution in [0.15, 0.2) is 42.5 Å². The second kappa shape index (κ2) is 14.8. The average Bonchev–Trinajstić information content (AvgIpc) is 3.45. The first kappa shape index (κ1) is 34.2. The van der Waals surface area contributed by atoms with E-state index in [1.807, 2.05) is 63.2 Å². The lowest BCUT2D eigenvalue weighted by atomic mass is 9.85. The van der Waals surface area contributed by atoms with Gasteiger partial charge in [0.25, 0.3) is 0 Å². The highest BCUT2D eigenvalue weighted by molar-refractivity contribution is 6.04. The number of rotatable bonds is 12. The van der Waals surface area contributed by atoms with Crippen molar-refractivity contribution >= 4 is 46.8 Å². The lowest BCUT2D eigenvalue weighted by molar-refractivity contribution is -0.158. The molecular formula is C31H46ClN5O4. The largest absolute Gasteiger partial charge is 0.353 e. The number of nitrogens with zero attached hydrogens (tertiary/aromatic N) is 1. The summed E-state index contributed by atoms with van der Waals surface area (Å²) in [5.74, 6) is -1.51. The highest BCUT2D eigenvalue weighted by Gasteiger charge is 2.43. The van der Waals surface area contributed by atoms with Gasteiger partial charge in [-0.25, -0.2) is 0 Å². The zero-order valence-electron chi connectivity index (χ0n) is 24.9. The molecular weight excluding hydrogens is 542 g/mol. The first-order valence-electron chi connectivity index (χ1n) is 14.3. The molecule has 1 saturated heterocycles. The van der Waals surface area contributed by atoms with E-state index in [4.69, 9.17) is 5.73 Å². The molecule has 1 heterocycles. The molecule has 2 aromatic carbocycles. The number of amides is 4. The maximum absolute atomic E-state index is 14.1. The molecule has 0 aliphatic carbocycles. The minimum absolute atomic E-state index is 0. The molecule has 9 nitrogen and oxygen atoms in total. The van der Waals surface area contributed by atoms with Gasteiger partial charge in [0.1, 0.15) is 6.04 Å². The van der Waals surface area contributed by atoms with Gasteiger partial charge in [-0.15, -0.1) is 12.4 Å². The lowest BCUT2D eigenvalue weighted by Gasteiger charge is -2.37. The van der Waals surface area contributed by atoms with Crippen molar-refractivity contribution in [3.8, 4) is 0 Å². The van der Waals surface area contributed by atoms with Crippen LogP contribution in [0.25, 0.3) is 10.8 Å². The molecule has 1 aliphatic heterocycles. The van der Waals surface area contributed by atoms with E-state index >= 15 is 0 Å². The minimum atomic E-state index is -1.05. The van der Waals surface area contributed by atoms with Crippen LogP contribution >= 0.6 is 12.4 Å². The summed E-state index contributed by atoms with van der Waals surface area (Å²) in [6.07, 6.45) is 2.96. The van der Waals surface area contributed by atoms with Crippen LogP contribution in [0.5, 0.6) is 0 Å². The van der Waals surface area contributed by atoms with Crippen LogP contribution in [0.3, 0.4) is 0 Å². The molecule has 5 N–H and O–H groups in total. The fraction of sp³-hybridized carbons (Fsp3) is 0.548. The number of hydrogen-bond acceptors (Lipinski definition) is 6. The topological polar surface area (TPSA) is 134 Å². The van der Waals surface area contributed by atoms with E-state index < -0.39 is 28.9 Å². The van der Waals surface area contributed by atoms with Crippen LogP contribution in [0, 0.1) is 5.41 Å². The van der Waals surface area contributed by atoms with Crippen LogP contribution < -0.4 is 21.7 Å². The predicted octanol–water partition coefficient (Wildman–Crippen LogP) is 3.08. The molecule has 0 spiro atoms. The normalized spacial score (nSPS) is 16.0. The maximum atomic E-state index is 14.1. The number of carbonyl (C=O) groups excluding carboxylic acids is 4. The van der Waals surface area contributed by atoms with Crippen molar-refractivity contribution in [3.05, 3.63) is 48.0 Å². The standard InChI is InChI=1S/C31H45N5O4.ClH/c1-6-15-30(2,3)29(40)36(27(38)24-12-9-16-33-24)25(26(37)34-17-18-35-28(39)31(4,5)32)20-21-13-14-22-10-7-8-11-23(22)19-21;/h7-8,10-11,13-14,19,24-25,33H,6,9,12,15-18,20,32H2,1-5H3,(H,34,37)(H,35,39);1H/t24-,25+;/m0./s1. The summed E-state index contributed by atoms with van der Waals surface area (Å²) in [5, 5.41) is 10.8. The molecule has 41 heavy (non-hydrogen) atoms. The van der Waals surface area contributed by atoms with Crippen molar-refractivity contribution in [1.82, 2.24) is 20.9 Å². The van der Waals surface area contributed by atoms with Gasteiger partial charge in [0, 0.05) is 24.9 Å². The number of fused-ring (bicyclic) bond motifs is 1. The maximum Gasteiger partial charge on any atom is 0.247 e. The SMILES string of the molecule is CCCC(C)(C)C(=O)N(C(=O)[C@@H]1CCCN1)[C@H](Cc1ccc2ccccc2c1)C(=O)NCCNC(=O)C(C)(C)N.Cl. The smallest absolute Gasteiger partial charge is 0.247 e. The van der Waals surface area contributed by atoms with Crippen LogP contribution in [-0.4, -0.2) is 65.8 Å². The van der Waals surface area contributed by atoms with Gasteiger partial charge in [0.05, 0.1) is 11.6 Å². The summed E-state index contributed by atoms with van der Waals surface area (Å²) in [5.41, 5.74) is 4.81. The Bertz CT molecular complexity index is 1220. The number of imide groups is 1. The fourth-order valence-electron chi connectivity index (χ4n) is 5.11. The molecule has 3 rings (SSSR count). The van der Waals surface area contributed by atoms with E-state index in [1.165, 1.54) is 4.90 Å². The summed E-state index contributed by atoms with van der Waals surface area (Å²) in [4.78, 5) is 55.1. The third kappa shape index (κ3) is 8.99. The van der Waals surface area contributed by atoms with Crippen molar-refractivity contribution in [3.63, 3.8) is 0 Å². The number of nitrogens with two attached hydrogens (primary N) is 1. The number of halogens is 1. The van der Waals surface area contributed by atoms with E-state index in [-0.39, 0.29) is 49.6 Å². The first-order valence-corrected chi connectivity index (χ1v) is 14.3. The predicted molar refractivity (Wildman–Crippen MR) is 165 cm³/mol. The van der Waals surface area contributed by atoms with Crippen LogP contribution in [0.4, 0.5) is 0 Å². The van der Waals surface area contributed by atoms with Crippen molar-refractivity contribution in [2.75, 3.05) is 19.6 Å². The van der Waals surface area contributed by atoms with Crippen molar-refractivity contribution in [2.45, 2.75) is 84.3 Å². The Labute approximate surface area is 249 Å². The van der Waals surface area contributed by atoms with E-state index in [2.05, 4.69) is 16.0 Å². The highest BCUT2D eigenvalue weighted by Crippen LogP contribution is 2.29. The molecule has 0 aromatic heterocycles. The molecule has 226 valence electrons. The highest BCUT2D eigenvalue weighted by atomic mass is 35.5. The van der Waals surface area contributed by atoms with Crippen molar-refractivity contribution in [1.29, 1.82) is 0 Å². The zero-order chi connectivity index (χ0) is 29.5. The molecule has 4 amide bonds. The summed E-state index contributed by atoms with van der Waals surface area (Å²) >= 11 is 0.